The minimum atomic E-state index is 0.371. The van der Waals surface area contributed by atoms with Gasteiger partial charge in [-0.05, 0) is 18.2 Å². The van der Waals surface area contributed by atoms with Crippen molar-refractivity contribution < 1.29 is 4.74 Å². The monoisotopic (exact) mass is 262 g/mol. The fourth-order valence-corrected chi connectivity index (χ4v) is 1.51. The molecule has 2 aromatic rings. The van der Waals surface area contributed by atoms with Crippen LogP contribution in [0.25, 0.3) is 0 Å². The number of anilines is 1. The molecule has 0 bridgehead atoms. The summed E-state index contributed by atoms with van der Waals surface area (Å²) in [6, 6.07) is 8.48. The average molecular weight is 263 g/mol. The first-order valence-corrected chi connectivity index (χ1v) is 5.53. The number of aromatic nitrogens is 1. The van der Waals surface area contributed by atoms with Gasteiger partial charge in [0, 0.05) is 24.0 Å². The van der Waals surface area contributed by atoms with Crippen molar-refractivity contribution in [3.05, 3.63) is 41.7 Å². The molecule has 0 atom stereocenters. The van der Waals surface area contributed by atoms with Gasteiger partial charge in [0.1, 0.15) is 16.6 Å². The lowest BCUT2D eigenvalue weighted by molar-refractivity contribution is 0.416. The first-order valence-electron chi connectivity index (χ1n) is 5.16. The van der Waals surface area contributed by atoms with Crippen molar-refractivity contribution in [2.75, 3.05) is 12.8 Å². The van der Waals surface area contributed by atoms with Crippen LogP contribution in [0.15, 0.2) is 46.8 Å². The summed E-state index contributed by atoms with van der Waals surface area (Å²) in [4.78, 5) is 3.86. The Labute approximate surface area is 109 Å². The molecule has 18 heavy (non-hydrogen) atoms. The summed E-state index contributed by atoms with van der Waals surface area (Å²) in [5, 5.41) is 8.51. The maximum absolute atomic E-state index is 5.75. The van der Waals surface area contributed by atoms with E-state index in [-0.39, 0.29) is 0 Å². The fraction of sp³-hybridized carbons (Fsp3) is 0.0833. The van der Waals surface area contributed by atoms with Crippen LogP contribution >= 0.6 is 11.6 Å². The maximum atomic E-state index is 5.75. The standard InChI is InChI=1S/C12H11ClN4O/c1-18-11-6-8(14)2-3-10(11)17-16-9-4-5-15-12(13)7-9/h2-7H,14H2,1H3/b17-16+. The van der Waals surface area contributed by atoms with E-state index in [1.807, 2.05) is 0 Å². The van der Waals surface area contributed by atoms with E-state index in [0.717, 1.165) is 0 Å². The van der Waals surface area contributed by atoms with Crippen LogP contribution in [-0.4, -0.2) is 12.1 Å². The van der Waals surface area contributed by atoms with E-state index in [1.165, 1.54) is 0 Å². The molecular weight excluding hydrogens is 252 g/mol. The molecule has 1 aromatic carbocycles. The number of halogens is 1. The van der Waals surface area contributed by atoms with Gasteiger partial charge >= 0.3 is 0 Å². The van der Waals surface area contributed by atoms with Gasteiger partial charge in [-0.15, -0.1) is 5.11 Å². The summed E-state index contributed by atoms with van der Waals surface area (Å²) in [5.41, 5.74) is 7.48. The Morgan fingerprint density at radius 2 is 2.06 bits per heavy atom. The molecule has 0 spiro atoms. The first-order chi connectivity index (χ1) is 8.69. The summed E-state index contributed by atoms with van der Waals surface area (Å²) < 4.78 is 5.17. The van der Waals surface area contributed by atoms with Gasteiger partial charge in [-0.3, -0.25) is 0 Å². The molecule has 0 aliphatic heterocycles. The number of nitrogens with two attached hydrogens (primary N) is 1. The largest absolute Gasteiger partial charge is 0.494 e. The molecule has 6 heteroatoms. The van der Waals surface area contributed by atoms with Gasteiger partial charge in [-0.1, -0.05) is 11.6 Å². The summed E-state index contributed by atoms with van der Waals surface area (Å²) in [7, 11) is 1.55. The van der Waals surface area contributed by atoms with Crippen LogP contribution < -0.4 is 10.5 Å². The number of nitrogen functional groups attached to an aromatic ring is 1. The van der Waals surface area contributed by atoms with E-state index >= 15 is 0 Å². The van der Waals surface area contributed by atoms with Gasteiger partial charge in [0.15, 0.2) is 0 Å². The maximum Gasteiger partial charge on any atom is 0.148 e. The Morgan fingerprint density at radius 1 is 1.22 bits per heavy atom. The molecule has 1 heterocycles. The SMILES string of the molecule is COc1cc(N)ccc1/N=N/c1ccnc(Cl)c1. The van der Waals surface area contributed by atoms with Crippen molar-refractivity contribution in [3.63, 3.8) is 0 Å². The highest BCUT2D eigenvalue weighted by atomic mass is 35.5. The summed E-state index contributed by atoms with van der Waals surface area (Å²) >= 11 is 5.75. The molecule has 0 aliphatic rings. The Bertz CT molecular complexity index is 586. The average Bonchev–Trinajstić information content (AvgIpc) is 2.37. The van der Waals surface area contributed by atoms with E-state index in [2.05, 4.69) is 15.2 Å². The molecule has 0 saturated carbocycles. The third-order valence-electron chi connectivity index (χ3n) is 2.19. The number of benzene rings is 1. The fourth-order valence-electron chi connectivity index (χ4n) is 1.34. The number of hydrogen-bond donors (Lipinski definition) is 1. The van der Waals surface area contributed by atoms with Gasteiger partial charge in [0.2, 0.25) is 0 Å². The van der Waals surface area contributed by atoms with Gasteiger partial charge in [0.05, 0.1) is 12.8 Å². The van der Waals surface area contributed by atoms with Crippen molar-refractivity contribution in [2.24, 2.45) is 10.2 Å². The minimum Gasteiger partial charge on any atom is -0.494 e. The van der Waals surface area contributed by atoms with E-state index in [1.54, 1.807) is 43.6 Å². The number of nitrogens with zero attached hydrogens (tertiary/aromatic N) is 3. The number of rotatable bonds is 3. The van der Waals surface area contributed by atoms with Crippen LogP contribution in [0.1, 0.15) is 0 Å². The predicted octanol–water partition coefficient (Wildman–Crippen LogP) is 3.74. The van der Waals surface area contributed by atoms with Gasteiger partial charge in [0.25, 0.3) is 0 Å². The zero-order chi connectivity index (χ0) is 13.0. The first kappa shape index (κ1) is 12.3. The van der Waals surface area contributed by atoms with Crippen molar-refractivity contribution >= 4 is 28.7 Å². The normalized spacial score (nSPS) is 10.8. The second-order valence-corrected chi connectivity index (χ2v) is 3.86. The summed E-state index contributed by atoms with van der Waals surface area (Å²) in [5.74, 6) is 0.568. The van der Waals surface area contributed by atoms with E-state index in [4.69, 9.17) is 22.1 Å². The molecule has 0 radical (unpaired) electrons. The Balaban J connectivity index is 2.28. The Morgan fingerprint density at radius 3 is 2.78 bits per heavy atom. The molecule has 0 amide bonds. The zero-order valence-corrected chi connectivity index (χ0v) is 10.4. The molecule has 2 rings (SSSR count). The van der Waals surface area contributed by atoms with Crippen molar-refractivity contribution in [1.82, 2.24) is 4.98 Å². The highest BCUT2D eigenvalue weighted by Crippen LogP contribution is 2.30. The van der Waals surface area contributed by atoms with Crippen LogP contribution in [0.4, 0.5) is 17.1 Å². The van der Waals surface area contributed by atoms with Gasteiger partial charge < -0.3 is 10.5 Å². The number of hydrogen-bond acceptors (Lipinski definition) is 5. The lowest BCUT2D eigenvalue weighted by Gasteiger charge is -2.03. The van der Waals surface area contributed by atoms with Crippen molar-refractivity contribution in [3.8, 4) is 5.75 Å². The van der Waals surface area contributed by atoms with Crippen LogP contribution in [0.2, 0.25) is 5.15 Å². The molecule has 0 saturated heterocycles. The van der Waals surface area contributed by atoms with Crippen LogP contribution in [0, 0.1) is 0 Å². The lowest BCUT2D eigenvalue weighted by atomic mass is 10.2. The van der Waals surface area contributed by atoms with Crippen molar-refractivity contribution in [2.45, 2.75) is 0 Å². The van der Waals surface area contributed by atoms with Crippen LogP contribution in [0.3, 0.4) is 0 Å². The quantitative estimate of drug-likeness (QED) is 0.520. The smallest absolute Gasteiger partial charge is 0.148 e. The predicted molar refractivity (Wildman–Crippen MR) is 70.8 cm³/mol. The third kappa shape index (κ3) is 2.95. The van der Waals surface area contributed by atoms with Crippen molar-refractivity contribution in [1.29, 1.82) is 0 Å². The second-order valence-electron chi connectivity index (χ2n) is 3.47. The lowest BCUT2D eigenvalue weighted by Crippen LogP contribution is -1.87. The minimum absolute atomic E-state index is 0.371. The molecule has 2 N–H and O–H groups in total. The third-order valence-corrected chi connectivity index (χ3v) is 2.39. The summed E-state index contributed by atoms with van der Waals surface area (Å²) in [6.07, 6.45) is 1.57. The summed E-state index contributed by atoms with van der Waals surface area (Å²) in [6.45, 7) is 0. The Kier molecular flexibility index (Phi) is 3.74. The topological polar surface area (TPSA) is 72.9 Å². The molecule has 0 unspecified atom stereocenters. The number of pyridine rings is 1. The molecule has 5 nitrogen and oxygen atoms in total. The number of azo groups is 1. The zero-order valence-electron chi connectivity index (χ0n) is 9.67. The van der Waals surface area contributed by atoms with E-state index in [9.17, 15) is 0 Å². The second kappa shape index (κ2) is 5.46. The van der Waals surface area contributed by atoms with E-state index < -0.39 is 0 Å². The van der Waals surface area contributed by atoms with Crippen LogP contribution in [-0.2, 0) is 0 Å². The highest BCUT2D eigenvalue weighted by molar-refractivity contribution is 6.29. The van der Waals surface area contributed by atoms with Gasteiger partial charge in [-0.25, -0.2) is 4.98 Å². The molecule has 0 aliphatic carbocycles. The number of methoxy groups -OCH3 is 1. The van der Waals surface area contributed by atoms with E-state index in [0.29, 0.717) is 28.0 Å². The molecule has 1 aromatic heterocycles. The van der Waals surface area contributed by atoms with Crippen LogP contribution in [0.5, 0.6) is 5.75 Å². The van der Waals surface area contributed by atoms with Gasteiger partial charge in [-0.2, -0.15) is 5.11 Å². The molecule has 0 fully saturated rings. The molecule has 92 valence electrons. The Hall–Kier alpha value is -2.14. The number of ether oxygens (including phenoxy) is 1. The molecular formula is C12H11ClN4O. The highest BCUT2D eigenvalue weighted by Gasteiger charge is 2.02.